The lowest BCUT2D eigenvalue weighted by atomic mass is 9.66. The van der Waals surface area contributed by atoms with Gasteiger partial charge in [0.05, 0.1) is 0 Å². The summed E-state index contributed by atoms with van der Waals surface area (Å²) in [4.78, 5) is 0. The molecule has 0 aromatic heterocycles. The molecule has 0 radical (unpaired) electrons. The molecular formula is C18H32O. The molecule has 0 saturated heterocycles. The van der Waals surface area contributed by atoms with Crippen molar-refractivity contribution >= 4 is 0 Å². The fourth-order valence-corrected chi connectivity index (χ4v) is 2.47. The second kappa shape index (κ2) is 7.09. The highest BCUT2D eigenvalue weighted by Gasteiger charge is 2.33. The predicted molar refractivity (Wildman–Crippen MR) is 85.6 cm³/mol. The Morgan fingerprint density at radius 3 is 1.84 bits per heavy atom. The van der Waals surface area contributed by atoms with Crippen LogP contribution in [0.3, 0.4) is 0 Å². The fraction of sp³-hybridized carbons (Fsp3) is 0.667. The van der Waals surface area contributed by atoms with E-state index in [1.165, 1.54) is 24.8 Å². The van der Waals surface area contributed by atoms with E-state index in [1.807, 2.05) is 0 Å². The summed E-state index contributed by atoms with van der Waals surface area (Å²) in [6.45, 7) is 14.2. The largest absolute Gasteiger partial charge is 0.412 e. The molecule has 1 aromatic rings. The summed E-state index contributed by atoms with van der Waals surface area (Å²) < 4.78 is 0. The van der Waals surface area contributed by atoms with Crippen molar-refractivity contribution < 1.29 is 5.48 Å². The Bertz CT molecular complexity index is 351. The topological polar surface area (TPSA) is 31.5 Å². The van der Waals surface area contributed by atoms with Gasteiger partial charge in [-0.25, -0.2) is 0 Å². The van der Waals surface area contributed by atoms with Gasteiger partial charge in [-0.05, 0) is 28.7 Å². The van der Waals surface area contributed by atoms with Crippen LogP contribution in [-0.2, 0) is 0 Å². The summed E-state index contributed by atoms with van der Waals surface area (Å²) in [5, 5.41) is 0. The molecule has 0 spiro atoms. The first-order valence-electron chi connectivity index (χ1n) is 7.37. The molecule has 0 bridgehead atoms. The Balaban J connectivity index is 0.00000324. The van der Waals surface area contributed by atoms with E-state index in [0.717, 1.165) is 0 Å². The molecule has 0 heterocycles. The summed E-state index contributed by atoms with van der Waals surface area (Å²) in [5.74, 6) is 0.652. The van der Waals surface area contributed by atoms with Gasteiger partial charge in [-0.2, -0.15) is 0 Å². The minimum atomic E-state index is 0. The van der Waals surface area contributed by atoms with Crippen molar-refractivity contribution in [1.82, 2.24) is 0 Å². The Hall–Kier alpha value is -0.820. The Morgan fingerprint density at radius 2 is 1.42 bits per heavy atom. The van der Waals surface area contributed by atoms with Gasteiger partial charge < -0.3 is 5.48 Å². The number of benzene rings is 1. The third-order valence-corrected chi connectivity index (χ3v) is 4.77. The van der Waals surface area contributed by atoms with Crippen molar-refractivity contribution in [1.29, 1.82) is 0 Å². The summed E-state index contributed by atoms with van der Waals surface area (Å²) in [5.41, 5.74) is 2.30. The van der Waals surface area contributed by atoms with Gasteiger partial charge in [0.15, 0.2) is 0 Å². The van der Waals surface area contributed by atoms with Crippen molar-refractivity contribution in [2.24, 2.45) is 10.8 Å². The highest BCUT2D eigenvalue weighted by Crippen LogP contribution is 2.46. The average Bonchev–Trinajstić information content (AvgIpc) is 2.37. The van der Waals surface area contributed by atoms with Gasteiger partial charge in [-0.1, -0.05) is 84.7 Å². The van der Waals surface area contributed by atoms with Crippen LogP contribution in [0.4, 0.5) is 0 Å². The zero-order chi connectivity index (χ0) is 13.8. The highest BCUT2D eigenvalue weighted by molar-refractivity contribution is 5.22. The lowest BCUT2D eigenvalue weighted by Gasteiger charge is -2.39. The van der Waals surface area contributed by atoms with Crippen molar-refractivity contribution in [3.05, 3.63) is 35.9 Å². The molecule has 110 valence electrons. The molecular weight excluding hydrogens is 232 g/mol. The number of rotatable bonds is 6. The molecule has 1 aromatic carbocycles. The van der Waals surface area contributed by atoms with Gasteiger partial charge in [0.25, 0.3) is 0 Å². The van der Waals surface area contributed by atoms with Gasteiger partial charge in [0.2, 0.25) is 0 Å². The van der Waals surface area contributed by atoms with E-state index >= 15 is 0 Å². The number of hydrogen-bond acceptors (Lipinski definition) is 0. The second-order valence-electron chi connectivity index (χ2n) is 7.03. The maximum Gasteiger partial charge on any atom is -0.0106 e. The first kappa shape index (κ1) is 18.2. The lowest BCUT2D eigenvalue weighted by Crippen LogP contribution is -2.26. The normalized spacial score (nSPS) is 13.8. The van der Waals surface area contributed by atoms with Crippen molar-refractivity contribution in [3.63, 3.8) is 0 Å². The summed E-state index contributed by atoms with van der Waals surface area (Å²) in [6.07, 6.45) is 3.75. The first-order chi connectivity index (χ1) is 8.32. The fourth-order valence-electron chi connectivity index (χ4n) is 2.47. The van der Waals surface area contributed by atoms with Gasteiger partial charge in [0.1, 0.15) is 0 Å². The molecule has 0 aliphatic rings. The molecule has 1 atom stereocenters. The van der Waals surface area contributed by atoms with Gasteiger partial charge in [-0.15, -0.1) is 0 Å². The predicted octanol–water partition coefficient (Wildman–Crippen LogP) is 5.21. The molecule has 1 rings (SSSR count). The van der Waals surface area contributed by atoms with E-state index in [1.54, 1.807) is 0 Å². The van der Waals surface area contributed by atoms with Crippen LogP contribution in [0.1, 0.15) is 72.3 Å². The van der Waals surface area contributed by atoms with Crippen molar-refractivity contribution in [2.45, 2.75) is 66.7 Å². The van der Waals surface area contributed by atoms with E-state index in [0.29, 0.717) is 16.7 Å². The Kier molecular flexibility index (Phi) is 6.79. The molecule has 0 amide bonds. The summed E-state index contributed by atoms with van der Waals surface area (Å²) >= 11 is 0. The van der Waals surface area contributed by atoms with Crippen molar-refractivity contribution in [2.75, 3.05) is 0 Å². The van der Waals surface area contributed by atoms with Crippen LogP contribution < -0.4 is 0 Å². The molecule has 2 N–H and O–H groups in total. The van der Waals surface area contributed by atoms with E-state index < -0.39 is 0 Å². The molecule has 0 aliphatic carbocycles. The third kappa shape index (κ3) is 4.99. The molecule has 1 heteroatoms. The monoisotopic (exact) mass is 264 g/mol. The van der Waals surface area contributed by atoms with Crippen LogP contribution >= 0.6 is 0 Å². The van der Waals surface area contributed by atoms with Crippen LogP contribution in [0.5, 0.6) is 0 Å². The minimum absolute atomic E-state index is 0. The first-order valence-corrected chi connectivity index (χ1v) is 7.37. The minimum Gasteiger partial charge on any atom is -0.412 e. The third-order valence-electron chi connectivity index (χ3n) is 4.77. The molecule has 0 fully saturated rings. The van der Waals surface area contributed by atoms with Crippen LogP contribution in [0, 0.1) is 10.8 Å². The lowest BCUT2D eigenvalue weighted by molar-refractivity contribution is 0.188. The molecule has 0 aliphatic heterocycles. The number of hydrogen-bond donors (Lipinski definition) is 0. The van der Waals surface area contributed by atoms with Crippen LogP contribution in [-0.4, -0.2) is 5.48 Å². The Labute approximate surface area is 119 Å². The van der Waals surface area contributed by atoms with E-state index in [-0.39, 0.29) is 5.48 Å². The van der Waals surface area contributed by atoms with Crippen LogP contribution in [0.2, 0.25) is 0 Å². The second-order valence-corrected chi connectivity index (χ2v) is 7.03. The SMILES string of the molecule is CCC(C)(C)CC(c1ccccc1)C(C)(C)CC.O. The molecule has 19 heavy (non-hydrogen) atoms. The van der Waals surface area contributed by atoms with E-state index in [2.05, 4.69) is 71.9 Å². The average molecular weight is 264 g/mol. The van der Waals surface area contributed by atoms with Gasteiger partial charge in [0, 0.05) is 0 Å². The van der Waals surface area contributed by atoms with Crippen LogP contribution in [0.15, 0.2) is 30.3 Å². The zero-order valence-corrected chi connectivity index (χ0v) is 13.6. The van der Waals surface area contributed by atoms with Gasteiger partial charge >= 0.3 is 0 Å². The van der Waals surface area contributed by atoms with E-state index in [9.17, 15) is 0 Å². The quantitative estimate of drug-likeness (QED) is 0.675. The maximum absolute atomic E-state index is 2.41. The maximum atomic E-state index is 2.41. The summed E-state index contributed by atoms with van der Waals surface area (Å²) in [7, 11) is 0. The van der Waals surface area contributed by atoms with Gasteiger partial charge in [-0.3, -0.25) is 0 Å². The molecule has 1 nitrogen and oxygen atoms in total. The van der Waals surface area contributed by atoms with E-state index in [4.69, 9.17) is 0 Å². The smallest absolute Gasteiger partial charge is 0.0106 e. The standard InChI is InChI=1S/C18H30.H2O/c1-7-17(3,4)14-16(18(5,6)8-2)15-12-10-9-11-13-15;/h9-13,16H,7-8,14H2,1-6H3;1H2. The molecule has 0 saturated carbocycles. The summed E-state index contributed by atoms with van der Waals surface area (Å²) in [6, 6.07) is 11.1. The van der Waals surface area contributed by atoms with Crippen LogP contribution in [0.25, 0.3) is 0 Å². The highest BCUT2D eigenvalue weighted by atomic mass is 16.0. The molecule has 1 unspecified atom stereocenters. The zero-order valence-electron chi connectivity index (χ0n) is 13.6. The van der Waals surface area contributed by atoms with Crippen molar-refractivity contribution in [3.8, 4) is 0 Å². The Morgan fingerprint density at radius 1 is 0.895 bits per heavy atom.